The van der Waals surface area contributed by atoms with Crippen molar-refractivity contribution in [2.75, 3.05) is 26.4 Å². The molecule has 0 atom stereocenters. The highest BCUT2D eigenvalue weighted by molar-refractivity contribution is 5.27. The summed E-state index contributed by atoms with van der Waals surface area (Å²) >= 11 is 0. The minimum Gasteiger partial charge on any atom is -0.494 e. The minimum absolute atomic E-state index is 0.224. The predicted octanol–water partition coefficient (Wildman–Crippen LogP) is 2.54. The SMILES string of the molecule is NC(CO)(CO)CCc1ccc(OCCCCOc2ccccc2)cc1. The lowest BCUT2D eigenvalue weighted by atomic mass is 9.94. The molecule has 0 aliphatic rings. The quantitative estimate of drug-likeness (QED) is 0.507. The van der Waals surface area contributed by atoms with Crippen LogP contribution in [-0.2, 0) is 6.42 Å². The van der Waals surface area contributed by atoms with Gasteiger partial charge in [-0.1, -0.05) is 30.3 Å². The molecule has 5 heteroatoms. The third-order valence-corrected chi connectivity index (χ3v) is 4.28. The molecule has 2 rings (SSSR count). The van der Waals surface area contributed by atoms with Gasteiger partial charge in [0, 0.05) is 0 Å². The van der Waals surface area contributed by atoms with Crippen LogP contribution in [0.1, 0.15) is 24.8 Å². The molecule has 5 nitrogen and oxygen atoms in total. The fourth-order valence-corrected chi connectivity index (χ4v) is 2.45. The van der Waals surface area contributed by atoms with E-state index < -0.39 is 5.54 Å². The Hall–Kier alpha value is -2.08. The van der Waals surface area contributed by atoms with Crippen LogP contribution >= 0.6 is 0 Å². The van der Waals surface area contributed by atoms with Gasteiger partial charge < -0.3 is 25.4 Å². The molecule has 0 saturated carbocycles. The molecule has 0 aliphatic heterocycles. The molecule has 0 radical (unpaired) electrons. The summed E-state index contributed by atoms with van der Waals surface area (Å²) in [6, 6.07) is 17.6. The molecule has 0 heterocycles. The van der Waals surface area contributed by atoms with Crippen LogP contribution in [0, 0.1) is 0 Å². The number of aliphatic hydroxyl groups excluding tert-OH is 2. The van der Waals surface area contributed by atoms with Crippen molar-refractivity contribution in [1.29, 1.82) is 0 Å². The molecule has 0 spiro atoms. The van der Waals surface area contributed by atoms with Crippen LogP contribution < -0.4 is 15.2 Å². The highest BCUT2D eigenvalue weighted by Crippen LogP contribution is 2.16. The largest absolute Gasteiger partial charge is 0.494 e. The normalized spacial score (nSPS) is 11.3. The van der Waals surface area contributed by atoms with E-state index in [4.69, 9.17) is 15.2 Å². The number of aryl methyl sites for hydroxylation is 1. The maximum absolute atomic E-state index is 9.22. The van der Waals surface area contributed by atoms with Gasteiger partial charge in [0.15, 0.2) is 0 Å². The fraction of sp³-hybridized carbons (Fsp3) is 0.429. The van der Waals surface area contributed by atoms with Gasteiger partial charge in [0.25, 0.3) is 0 Å². The first-order valence-corrected chi connectivity index (χ1v) is 9.05. The van der Waals surface area contributed by atoms with Crippen molar-refractivity contribution in [3.8, 4) is 11.5 Å². The second kappa shape index (κ2) is 10.8. The first kappa shape index (κ1) is 20.2. The molecule has 2 aromatic carbocycles. The van der Waals surface area contributed by atoms with Gasteiger partial charge >= 0.3 is 0 Å². The molecule has 0 aliphatic carbocycles. The van der Waals surface area contributed by atoms with E-state index in [-0.39, 0.29) is 13.2 Å². The third kappa shape index (κ3) is 7.04. The van der Waals surface area contributed by atoms with Crippen LogP contribution in [0.4, 0.5) is 0 Å². The number of benzene rings is 2. The standard InChI is InChI=1S/C21H29NO4/c22-21(16-23,17-24)13-12-18-8-10-20(11-9-18)26-15-5-4-14-25-19-6-2-1-3-7-19/h1-3,6-11,23-24H,4-5,12-17,22H2. The van der Waals surface area contributed by atoms with E-state index in [1.54, 1.807) is 0 Å². The summed E-state index contributed by atoms with van der Waals surface area (Å²) in [5.74, 6) is 1.73. The third-order valence-electron chi connectivity index (χ3n) is 4.28. The van der Waals surface area contributed by atoms with Crippen LogP contribution in [0.15, 0.2) is 54.6 Å². The smallest absolute Gasteiger partial charge is 0.119 e. The highest BCUT2D eigenvalue weighted by Gasteiger charge is 2.22. The summed E-state index contributed by atoms with van der Waals surface area (Å²) in [5, 5.41) is 18.4. The van der Waals surface area contributed by atoms with Crippen LogP contribution in [0.5, 0.6) is 11.5 Å². The Morgan fingerprint density at radius 1 is 0.769 bits per heavy atom. The molecular weight excluding hydrogens is 330 g/mol. The van der Waals surface area contributed by atoms with E-state index in [9.17, 15) is 10.2 Å². The Bertz CT molecular complexity index is 612. The monoisotopic (exact) mass is 359 g/mol. The van der Waals surface area contributed by atoms with E-state index in [0.29, 0.717) is 26.1 Å². The Kier molecular flexibility index (Phi) is 8.41. The van der Waals surface area contributed by atoms with Crippen molar-refractivity contribution in [3.05, 3.63) is 60.2 Å². The van der Waals surface area contributed by atoms with Gasteiger partial charge in [-0.3, -0.25) is 0 Å². The van der Waals surface area contributed by atoms with Crippen LogP contribution in [-0.4, -0.2) is 42.2 Å². The number of para-hydroxylation sites is 1. The lowest BCUT2D eigenvalue weighted by molar-refractivity contribution is 0.115. The van der Waals surface area contributed by atoms with Gasteiger partial charge in [-0.2, -0.15) is 0 Å². The summed E-state index contributed by atoms with van der Waals surface area (Å²) in [6.45, 7) is 0.888. The molecule has 0 aromatic heterocycles. The Morgan fingerprint density at radius 2 is 1.31 bits per heavy atom. The molecule has 0 amide bonds. The zero-order valence-corrected chi connectivity index (χ0v) is 15.1. The number of hydrogen-bond acceptors (Lipinski definition) is 5. The van der Waals surface area contributed by atoms with Crippen LogP contribution in [0.2, 0.25) is 0 Å². The molecule has 26 heavy (non-hydrogen) atoms. The van der Waals surface area contributed by atoms with Crippen molar-refractivity contribution < 1.29 is 19.7 Å². The summed E-state index contributed by atoms with van der Waals surface area (Å²) in [7, 11) is 0. The summed E-state index contributed by atoms with van der Waals surface area (Å²) in [6.07, 6.45) is 3.10. The molecule has 0 saturated heterocycles. The van der Waals surface area contributed by atoms with Crippen molar-refractivity contribution in [1.82, 2.24) is 0 Å². The average molecular weight is 359 g/mol. The molecule has 2 aromatic rings. The first-order valence-electron chi connectivity index (χ1n) is 9.05. The molecule has 0 unspecified atom stereocenters. The van der Waals surface area contributed by atoms with Crippen LogP contribution in [0.3, 0.4) is 0 Å². The van der Waals surface area contributed by atoms with Gasteiger partial charge in [0.2, 0.25) is 0 Å². The molecule has 4 N–H and O–H groups in total. The topological polar surface area (TPSA) is 84.9 Å². The van der Waals surface area contributed by atoms with Gasteiger partial charge in [-0.05, 0) is 55.5 Å². The number of nitrogens with two attached hydrogens (primary N) is 1. The van der Waals surface area contributed by atoms with Crippen molar-refractivity contribution in [2.45, 2.75) is 31.2 Å². The van der Waals surface area contributed by atoms with Gasteiger partial charge in [-0.15, -0.1) is 0 Å². The number of rotatable bonds is 12. The molecule has 142 valence electrons. The second-order valence-electron chi connectivity index (χ2n) is 6.54. The Morgan fingerprint density at radius 3 is 1.85 bits per heavy atom. The first-order chi connectivity index (χ1) is 12.6. The maximum Gasteiger partial charge on any atom is 0.119 e. The van der Waals surface area contributed by atoms with Crippen molar-refractivity contribution in [3.63, 3.8) is 0 Å². The summed E-state index contributed by atoms with van der Waals surface area (Å²) in [4.78, 5) is 0. The zero-order chi connectivity index (χ0) is 18.7. The maximum atomic E-state index is 9.22. The number of unbranched alkanes of at least 4 members (excludes halogenated alkanes) is 1. The van der Waals surface area contributed by atoms with E-state index >= 15 is 0 Å². The average Bonchev–Trinajstić information content (AvgIpc) is 2.70. The zero-order valence-electron chi connectivity index (χ0n) is 15.1. The number of ether oxygens (including phenoxy) is 2. The molecule has 0 bridgehead atoms. The van der Waals surface area contributed by atoms with E-state index in [1.165, 1.54) is 0 Å². The Balaban J connectivity index is 1.61. The lowest BCUT2D eigenvalue weighted by Crippen LogP contribution is -2.47. The summed E-state index contributed by atoms with van der Waals surface area (Å²) in [5.41, 5.74) is 6.06. The van der Waals surface area contributed by atoms with E-state index in [0.717, 1.165) is 29.9 Å². The lowest BCUT2D eigenvalue weighted by Gasteiger charge is -2.24. The van der Waals surface area contributed by atoms with Gasteiger partial charge in [-0.25, -0.2) is 0 Å². The minimum atomic E-state index is -0.920. The predicted molar refractivity (Wildman–Crippen MR) is 103 cm³/mol. The van der Waals surface area contributed by atoms with E-state index in [1.807, 2.05) is 54.6 Å². The molecule has 0 fully saturated rings. The second-order valence-corrected chi connectivity index (χ2v) is 6.54. The van der Waals surface area contributed by atoms with Gasteiger partial charge in [0.05, 0.1) is 32.0 Å². The number of hydrogen-bond donors (Lipinski definition) is 3. The Labute approximate surface area is 155 Å². The number of aliphatic hydroxyl groups is 2. The summed E-state index contributed by atoms with van der Waals surface area (Å²) < 4.78 is 11.4. The van der Waals surface area contributed by atoms with Crippen molar-refractivity contribution in [2.24, 2.45) is 5.73 Å². The van der Waals surface area contributed by atoms with E-state index in [2.05, 4.69) is 0 Å². The van der Waals surface area contributed by atoms with Gasteiger partial charge in [0.1, 0.15) is 11.5 Å². The fourth-order valence-electron chi connectivity index (χ4n) is 2.45. The van der Waals surface area contributed by atoms with Crippen LogP contribution in [0.25, 0.3) is 0 Å². The molecular formula is C21H29NO4. The van der Waals surface area contributed by atoms with Crippen molar-refractivity contribution >= 4 is 0 Å². The highest BCUT2D eigenvalue weighted by atomic mass is 16.5.